The van der Waals surface area contributed by atoms with E-state index in [0.29, 0.717) is 19.3 Å². The van der Waals surface area contributed by atoms with Crippen molar-refractivity contribution in [3.63, 3.8) is 0 Å². The van der Waals surface area contributed by atoms with Crippen LogP contribution >= 0.6 is 0 Å². The van der Waals surface area contributed by atoms with E-state index in [2.05, 4.69) is 118 Å². The second kappa shape index (κ2) is 56.1. The van der Waals surface area contributed by atoms with Crippen LogP contribution in [0.15, 0.2) is 97.2 Å². The van der Waals surface area contributed by atoms with Gasteiger partial charge in [-0.25, -0.2) is 4.79 Å². The summed E-state index contributed by atoms with van der Waals surface area (Å²) in [4.78, 5) is 51.3. The second-order valence-corrected chi connectivity index (χ2v) is 21.7. The zero-order chi connectivity index (χ0) is 58.9. The van der Waals surface area contributed by atoms with Gasteiger partial charge >= 0.3 is 23.9 Å². The van der Waals surface area contributed by atoms with Crippen LogP contribution < -0.4 is 0 Å². The maximum Gasteiger partial charge on any atom is 0.335 e. The van der Waals surface area contributed by atoms with Crippen molar-refractivity contribution >= 4 is 23.9 Å². The Morgan fingerprint density at radius 2 is 0.778 bits per heavy atom. The van der Waals surface area contributed by atoms with Crippen LogP contribution in [-0.4, -0.2) is 89.2 Å². The Kier molecular flexibility index (Phi) is 51.7. The molecule has 462 valence electrons. The number of ether oxygens (including phenoxy) is 5. The van der Waals surface area contributed by atoms with Crippen LogP contribution in [0.3, 0.4) is 0 Å². The van der Waals surface area contributed by atoms with Crippen LogP contribution in [-0.2, 0) is 42.9 Å². The summed E-state index contributed by atoms with van der Waals surface area (Å²) in [7, 11) is 0. The fourth-order valence-electron chi connectivity index (χ4n) is 9.18. The molecule has 3 N–H and O–H groups in total. The van der Waals surface area contributed by atoms with Gasteiger partial charge in [-0.3, -0.25) is 14.4 Å². The smallest absolute Gasteiger partial charge is 0.335 e. The molecule has 1 rings (SSSR count). The van der Waals surface area contributed by atoms with Gasteiger partial charge in [0.2, 0.25) is 0 Å². The summed E-state index contributed by atoms with van der Waals surface area (Å²) >= 11 is 0. The predicted octanol–water partition coefficient (Wildman–Crippen LogP) is 17.2. The molecule has 1 heterocycles. The van der Waals surface area contributed by atoms with Crippen LogP contribution in [0, 0.1) is 0 Å². The van der Waals surface area contributed by atoms with E-state index in [9.17, 15) is 34.5 Å². The quantitative estimate of drug-likeness (QED) is 0.0228. The lowest BCUT2D eigenvalue weighted by molar-refractivity contribution is -0.301. The standard InChI is InChI=1S/C69H114O12/c1-4-7-10-13-16-19-22-25-28-30-31-33-35-37-40-43-46-49-52-55-61(70)77-58-60(79-62(71)56-53-50-47-44-41-38-34-27-24-21-18-15-12-9-6-3)59-78-69-67(65(74)64(73)66(81-69)68(75)76)80-63(72)57-54-51-48-45-42-39-36-32-29-26-23-20-17-14-11-8-5-2/h9,12,16-21,25-29,34,41,44,60,64-67,69,73-74H,4-8,10-11,13-15,22-24,30-33,35-40,42-43,45-59H2,1-3H3,(H,75,76)/b12-9-,19-16-,20-17-,21-18-,28-25-,29-26-,34-27-,44-41-. The van der Waals surface area contributed by atoms with E-state index in [-0.39, 0.29) is 25.9 Å². The van der Waals surface area contributed by atoms with Gasteiger partial charge in [-0.2, -0.15) is 0 Å². The molecule has 0 spiro atoms. The van der Waals surface area contributed by atoms with Gasteiger partial charge in [0.1, 0.15) is 18.8 Å². The topological polar surface area (TPSA) is 175 Å². The number of carboxylic acid groups (broad SMARTS) is 1. The summed E-state index contributed by atoms with van der Waals surface area (Å²) in [5, 5.41) is 31.6. The van der Waals surface area contributed by atoms with Gasteiger partial charge in [-0.15, -0.1) is 0 Å². The minimum atomic E-state index is -1.92. The molecule has 1 aliphatic rings. The number of allylic oxidation sites excluding steroid dienone is 16. The highest BCUT2D eigenvalue weighted by Crippen LogP contribution is 2.26. The highest BCUT2D eigenvalue weighted by Gasteiger charge is 2.50. The SMILES string of the molecule is CC/C=C\C/C=C\C/C=C\C/C=C\CCCCC(=O)OC(COC(=O)CCCCCCCCCCC/C=C\C/C=C\CCCCC)COC1OC(C(=O)O)C(O)C(O)C1OC(=O)CCCCCCCCC/C=C\C/C=C\CCCCC. The van der Waals surface area contributed by atoms with E-state index in [0.717, 1.165) is 128 Å². The van der Waals surface area contributed by atoms with Crippen molar-refractivity contribution in [3.05, 3.63) is 97.2 Å². The maximum atomic E-state index is 13.2. The number of carboxylic acids is 1. The molecule has 0 bridgehead atoms. The summed E-state index contributed by atoms with van der Waals surface area (Å²) in [5.74, 6) is -3.19. The summed E-state index contributed by atoms with van der Waals surface area (Å²) in [6.07, 6.45) is 62.2. The summed E-state index contributed by atoms with van der Waals surface area (Å²) in [6, 6.07) is 0. The van der Waals surface area contributed by atoms with E-state index in [1.165, 1.54) is 77.0 Å². The Morgan fingerprint density at radius 3 is 1.21 bits per heavy atom. The first-order chi connectivity index (χ1) is 39.6. The lowest BCUT2D eigenvalue weighted by Crippen LogP contribution is -2.61. The first-order valence-corrected chi connectivity index (χ1v) is 32.2. The number of aliphatic hydroxyl groups excluding tert-OH is 2. The van der Waals surface area contributed by atoms with Crippen LogP contribution in [0.5, 0.6) is 0 Å². The van der Waals surface area contributed by atoms with Gasteiger partial charge in [0.25, 0.3) is 0 Å². The molecule has 0 aromatic carbocycles. The number of aliphatic carboxylic acids is 1. The van der Waals surface area contributed by atoms with E-state index < -0.39 is 67.3 Å². The molecule has 0 amide bonds. The molecule has 12 heteroatoms. The fourth-order valence-corrected chi connectivity index (χ4v) is 9.18. The number of hydrogen-bond donors (Lipinski definition) is 3. The highest BCUT2D eigenvalue weighted by atomic mass is 16.7. The Hall–Kier alpha value is -4.36. The molecule has 0 aromatic heterocycles. The molecule has 81 heavy (non-hydrogen) atoms. The van der Waals surface area contributed by atoms with Gasteiger partial charge in [0.05, 0.1) is 6.61 Å². The number of hydrogen-bond acceptors (Lipinski definition) is 11. The second-order valence-electron chi connectivity index (χ2n) is 21.7. The zero-order valence-corrected chi connectivity index (χ0v) is 51.0. The van der Waals surface area contributed by atoms with E-state index in [1.807, 2.05) is 0 Å². The molecule has 6 unspecified atom stereocenters. The third kappa shape index (κ3) is 45.8. The van der Waals surface area contributed by atoms with Gasteiger partial charge in [0.15, 0.2) is 24.6 Å². The molecule has 12 nitrogen and oxygen atoms in total. The van der Waals surface area contributed by atoms with Crippen molar-refractivity contribution in [2.45, 2.75) is 302 Å². The molecule has 6 atom stereocenters. The van der Waals surface area contributed by atoms with Gasteiger partial charge in [0, 0.05) is 19.3 Å². The number of unbranched alkanes of at least 4 members (excludes halogenated alkanes) is 24. The largest absolute Gasteiger partial charge is 0.479 e. The normalized spacial score (nSPS) is 18.4. The summed E-state index contributed by atoms with van der Waals surface area (Å²) in [6.45, 7) is 5.81. The van der Waals surface area contributed by atoms with E-state index in [1.54, 1.807) is 0 Å². The number of esters is 3. The molecule has 1 fully saturated rings. The van der Waals surface area contributed by atoms with Crippen LogP contribution in [0.1, 0.15) is 265 Å². The van der Waals surface area contributed by atoms with Crippen molar-refractivity contribution in [1.82, 2.24) is 0 Å². The Labute approximate surface area is 492 Å². The number of rotatable bonds is 54. The number of carbonyl (C=O) groups excluding carboxylic acids is 3. The van der Waals surface area contributed by atoms with Crippen molar-refractivity contribution < 1.29 is 58.2 Å². The van der Waals surface area contributed by atoms with Gasteiger partial charge in [-0.05, 0) is 122 Å². The van der Waals surface area contributed by atoms with Gasteiger partial charge < -0.3 is 39.0 Å². The molecule has 0 aliphatic carbocycles. The Bertz CT molecular complexity index is 1780. The van der Waals surface area contributed by atoms with Crippen molar-refractivity contribution in [2.75, 3.05) is 13.2 Å². The van der Waals surface area contributed by atoms with Crippen LogP contribution in [0.4, 0.5) is 0 Å². The molecule has 0 radical (unpaired) electrons. The predicted molar refractivity (Wildman–Crippen MR) is 331 cm³/mol. The minimum Gasteiger partial charge on any atom is -0.479 e. The average molecular weight is 1140 g/mol. The third-order valence-corrected chi connectivity index (χ3v) is 14.1. The number of carbonyl (C=O) groups is 4. The molecular weight excluding hydrogens is 1020 g/mol. The molecule has 1 aliphatic heterocycles. The summed E-state index contributed by atoms with van der Waals surface area (Å²) in [5.41, 5.74) is 0. The lowest BCUT2D eigenvalue weighted by atomic mass is 9.98. The highest BCUT2D eigenvalue weighted by molar-refractivity contribution is 5.74. The van der Waals surface area contributed by atoms with E-state index in [4.69, 9.17) is 23.7 Å². The zero-order valence-electron chi connectivity index (χ0n) is 51.0. The molecule has 0 aromatic rings. The Balaban J connectivity index is 2.69. The first-order valence-electron chi connectivity index (χ1n) is 32.2. The van der Waals surface area contributed by atoms with Gasteiger partial charge in [-0.1, -0.05) is 221 Å². The molecule has 1 saturated heterocycles. The summed E-state index contributed by atoms with van der Waals surface area (Å²) < 4.78 is 28.5. The van der Waals surface area contributed by atoms with Crippen LogP contribution in [0.25, 0.3) is 0 Å². The number of aliphatic hydroxyl groups is 2. The van der Waals surface area contributed by atoms with Crippen LogP contribution in [0.2, 0.25) is 0 Å². The first kappa shape index (κ1) is 74.7. The van der Waals surface area contributed by atoms with Crippen molar-refractivity contribution in [1.29, 1.82) is 0 Å². The Morgan fingerprint density at radius 1 is 0.420 bits per heavy atom. The fraction of sp³-hybridized carbons (Fsp3) is 0.710. The minimum absolute atomic E-state index is 0.0426. The average Bonchev–Trinajstić information content (AvgIpc) is 3.53. The van der Waals surface area contributed by atoms with E-state index >= 15 is 0 Å². The maximum absolute atomic E-state index is 13.2. The molecule has 0 saturated carbocycles. The third-order valence-electron chi connectivity index (χ3n) is 14.1. The van der Waals surface area contributed by atoms with Crippen molar-refractivity contribution in [2.24, 2.45) is 0 Å². The monoisotopic (exact) mass is 1130 g/mol. The lowest BCUT2D eigenvalue weighted by Gasteiger charge is -2.40. The van der Waals surface area contributed by atoms with Crippen molar-refractivity contribution in [3.8, 4) is 0 Å². The molecular formula is C69H114O12.